The number of carbonyl (C=O) groups is 2. The Kier molecular flexibility index (Phi) is 9.57. The van der Waals surface area contributed by atoms with Crippen LogP contribution in [-0.4, -0.2) is 61.0 Å². The molecule has 1 fully saturated rings. The molecule has 0 aliphatic carbocycles. The van der Waals surface area contributed by atoms with Crippen molar-refractivity contribution in [2.45, 2.75) is 48.8 Å². The third kappa shape index (κ3) is 7.52. The standard InChI is InChI=1S/C28H27ClF3N5O6S2/c1-42-21-10-5-9-19-24(21)25(35-45(40,41)23-12-11-22(29)44-23)34-36(19)16-18-7-4-6-17(14-18)15-33-26(38)20-8-2-3-13-37(20)43-27(39)28(30,31)32/h4-7,9-12,14,20H,2-3,8,13,15-16H2,1H3,(H,33,38)(H,34,35)/t20-/m1/s1. The van der Waals surface area contributed by atoms with Gasteiger partial charge in [0.05, 0.1) is 28.9 Å². The summed E-state index contributed by atoms with van der Waals surface area (Å²) in [4.78, 5) is 28.7. The van der Waals surface area contributed by atoms with E-state index in [1.165, 1.54) is 19.2 Å². The van der Waals surface area contributed by atoms with Crippen LogP contribution in [0.5, 0.6) is 5.75 Å². The highest BCUT2D eigenvalue weighted by atomic mass is 35.5. The maximum absolute atomic E-state index is 13.1. The predicted molar refractivity (Wildman–Crippen MR) is 160 cm³/mol. The van der Waals surface area contributed by atoms with E-state index in [4.69, 9.17) is 16.3 Å². The Bertz CT molecular complexity index is 1830. The summed E-state index contributed by atoms with van der Waals surface area (Å²) in [5, 5.41) is 8.51. The van der Waals surface area contributed by atoms with Crippen molar-refractivity contribution < 1.29 is 40.8 Å². The normalized spacial score (nSPS) is 16.0. The van der Waals surface area contributed by atoms with Gasteiger partial charge in [-0.05, 0) is 54.7 Å². The van der Waals surface area contributed by atoms with Crippen LogP contribution in [0.2, 0.25) is 4.34 Å². The van der Waals surface area contributed by atoms with E-state index in [-0.39, 0.29) is 36.1 Å². The topological polar surface area (TPSA) is 132 Å². The van der Waals surface area contributed by atoms with Crippen LogP contribution in [0.4, 0.5) is 19.0 Å². The molecule has 0 unspecified atom stereocenters. The van der Waals surface area contributed by atoms with Gasteiger partial charge < -0.3 is 14.9 Å². The van der Waals surface area contributed by atoms with Gasteiger partial charge in [-0.25, -0.2) is 13.2 Å². The van der Waals surface area contributed by atoms with E-state index in [2.05, 4.69) is 20.0 Å². The summed E-state index contributed by atoms with van der Waals surface area (Å²) in [5.74, 6) is -2.46. The average molecular weight is 686 g/mol. The molecule has 2 aromatic heterocycles. The Hall–Kier alpha value is -3.86. The number of alkyl halides is 3. The smallest absolute Gasteiger partial charge is 0.492 e. The first-order chi connectivity index (χ1) is 21.4. The molecule has 1 aliphatic heterocycles. The van der Waals surface area contributed by atoms with Crippen molar-refractivity contribution in [1.29, 1.82) is 0 Å². The van der Waals surface area contributed by atoms with Gasteiger partial charge in [0.25, 0.3) is 10.0 Å². The Morgan fingerprint density at radius 1 is 1.11 bits per heavy atom. The van der Waals surface area contributed by atoms with E-state index >= 15 is 0 Å². The van der Waals surface area contributed by atoms with Crippen molar-refractivity contribution >= 4 is 61.6 Å². The lowest BCUT2D eigenvalue weighted by Gasteiger charge is -2.32. The molecule has 11 nitrogen and oxygen atoms in total. The fourth-order valence-corrected chi connectivity index (χ4v) is 7.42. The maximum atomic E-state index is 13.1. The molecule has 1 atom stereocenters. The first-order valence-electron chi connectivity index (χ1n) is 13.6. The summed E-state index contributed by atoms with van der Waals surface area (Å²) >= 11 is 6.85. The highest BCUT2D eigenvalue weighted by molar-refractivity contribution is 7.94. The molecule has 2 N–H and O–H groups in total. The van der Waals surface area contributed by atoms with Gasteiger partial charge in [0.1, 0.15) is 16.0 Å². The number of sulfonamides is 1. The molecule has 2 aromatic carbocycles. The van der Waals surface area contributed by atoms with Gasteiger partial charge in [0, 0.05) is 13.1 Å². The zero-order valence-electron chi connectivity index (χ0n) is 23.6. The third-order valence-electron chi connectivity index (χ3n) is 6.98. The van der Waals surface area contributed by atoms with Crippen LogP contribution in [0.1, 0.15) is 30.4 Å². The predicted octanol–water partition coefficient (Wildman–Crippen LogP) is 5.10. The van der Waals surface area contributed by atoms with E-state index in [1.54, 1.807) is 35.0 Å². The molecular formula is C28H27ClF3N5O6S2. The number of hydrogen-bond donors (Lipinski definition) is 2. The number of fused-ring (bicyclic) bond motifs is 1. The molecule has 0 spiro atoms. The second-order valence-corrected chi connectivity index (χ2v) is 13.7. The van der Waals surface area contributed by atoms with Gasteiger partial charge in [-0.2, -0.15) is 18.3 Å². The van der Waals surface area contributed by atoms with Gasteiger partial charge in [-0.1, -0.05) is 41.9 Å². The number of amides is 1. The molecule has 45 heavy (non-hydrogen) atoms. The molecule has 5 rings (SSSR count). The molecule has 240 valence electrons. The minimum atomic E-state index is -5.17. The van der Waals surface area contributed by atoms with Gasteiger partial charge in [0.15, 0.2) is 5.82 Å². The van der Waals surface area contributed by atoms with E-state index in [9.17, 15) is 31.2 Å². The van der Waals surface area contributed by atoms with Crippen molar-refractivity contribution in [2.24, 2.45) is 0 Å². The third-order valence-corrected chi connectivity index (χ3v) is 10.0. The van der Waals surface area contributed by atoms with Crippen LogP contribution in [0, 0.1) is 0 Å². The minimum Gasteiger partial charge on any atom is -0.496 e. The number of halogens is 4. The highest BCUT2D eigenvalue weighted by Gasteiger charge is 2.44. The monoisotopic (exact) mass is 685 g/mol. The molecule has 3 heterocycles. The number of carbonyl (C=O) groups excluding carboxylic acids is 2. The lowest BCUT2D eigenvalue weighted by Crippen LogP contribution is -2.51. The molecule has 4 aromatic rings. The molecule has 1 aliphatic rings. The lowest BCUT2D eigenvalue weighted by atomic mass is 10.0. The van der Waals surface area contributed by atoms with E-state index in [0.717, 1.165) is 22.0 Å². The largest absolute Gasteiger partial charge is 0.496 e. The Morgan fingerprint density at radius 3 is 2.58 bits per heavy atom. The first kappa shape index (κ1) is 32.5. The number of ether oxygens (including phenoxy) is 1. The van der Waals surface area contributed by atoms with Gasteiger partial charge in [-0.15, -0.1) is 16.4 Å². The lowest BCUT2D eigenvalue weighted by molar-refractivity contribution is -0.248. The number of nitrogens with zero attached hydrogens (tertiary/aromatic N) is 3. The number of thiophene rings is 1. The van der Waals surface area contributed by atoms with Crippen molar-refractivity contribution in [1.82, 2.24) is 20.2 Å². The molecular weight excluding hydrogens is 659 g/mol. The Morgan fingerprint density at radius 2 is 1.87 bits per heavy atom. The molecule has 1 saturated heterocycles. The van der Waals surface area contributed by atoms with Crippen LogP contribution >= 0.6 is 22.9 Å². The summed E-state index contributed by atoms with van der Waals surface area (Å²) in [5.41, 5.74) is 2.06. The number of anilines is 1. The van der Waals surface area contributed by atoms with Crippen LogP contribution < -0.4 is 14.8 Å². The number of piperidine rings is 1. The van der Waals surface area contributed by atoms with Crippen molar-refractivity contribution in [3.8, 4) is 5.75 Å². The summed E-state index contributed by atoms with van der Waals surface area (Å²) in [6.45, 7) is 0.297. The zero-order valence-corrected chi connectivity index (χ0v) is 26.0. The summed E-state index contributed by atoms with van der Waals surface area (Å²) in [7, 11) is -2.53. The molecule has 0 radical (unpaired) electrons. The number of benzene rings is 2. The Labute approximate surface area is 264 Å². The number of aromatic nitrogens is 2. The number of rotatable bonds is 10. The fraction of sp³-hybridized carbons (Fsp3) is 0.321. The van der Waals surface area contributed by atoms with Gasteiger partial charge >= 0.3 is 12.1 Å². The number of methoxy groups -OCH3 is 1. The second-order valence-electron chi connectivity index (χ2n) is 10.1. The van der Waals surface area contributed by atoms with Gasteiger partial charge in [0.2, 0.25) is 5.91 Å². The fourth-order valence-electron chi connectivity index (χ4n) is 4.93. The van der Waals surface area contributed by atoms with Crippen LogP contribution in [0.25, 0.3) is 10.9 Å². The van der Waals surface area contributed by atoms with Crippen molar-refractivity contribution in [3.63, 3.8) is 0 Å². The SMILES string of the molecule is COc1cccc2c1c(NS(=O)(=O)c1ccc(Cl)s1)nn2Cc1cccc(CNC(=O)[C@H]2CCCCN2OC(=O)C(F)(F)F)c1. The quantitative estimate of drug-likeness (QED) is 0.236. The van der Waals surface area contributed by atoms with Crippen LogP contribution in [0.3, 0.4) is 0 Å². The summed E-state index contributed by atoms with van der Waals surface area (Å²) in [6.07, 6.45) is -3.86. The molecule has 17 heteroatoms. The molecule has 1 amide bonds. The van der Waals surface area contributed by atoms with E-state index in [0.29, 0.717) is 39.4 Å². The highest BCUT2D eigenvalue weighted by Crippen LogP contribution is 2.35. The summed E-state index contributed by atoms with van der Waals surface area (Å²) < 4.78 is 74.3. The maximum Gasteiger partial charge on any atom is 0.492 e. The summed E-state index contributed by atoms with van der Waals surface area (Å²) in [6, 6.07) is 14.2. The minimum absolute atomic E-state index is 0.0111. The van der Waals surface area contributed by atoms with E-state index < -0.39 is 34.1 Å². The van der Waals surface area contributed by atoms with Crippen LogP contribution in [0.15, 0.2) is 58.8 Å². The Balaban J connectivity index is 1.32. The van der Waals surface area contributed by atoms with Crippen LogP contribution in [-0.2, 0) is 37.5 Å². The zero-order chi connectivity index (χ0) is 32.4. The molecule has 0 saturated carbocycles. The van der Waals surface area contributed by atoms with Crippen molar-refractivity contribution in [2.75, 3.05) is 18.4 Å². The van der Waals surface area contributed by atoms with Crippen molar-refractivity contribution in [3.05, 3.63) is 70.1 Å². The average Bonchev–Trinajstić information content (AvgIpc) is 3.59. The number of nitrogens with one attached hydrogen (secondary N) is 2. The molecule has 0 bridgehead atoms. The number of hydrogen-bond acceptors (Lipinski definition) is 9. The number of hydroxylamine groups is 2. The second kappa shape index (κ2) is 13.2. The van der Waals surface area contributed by atoms with Gasteiger partial charge in [-0.3, -0.25) is 14.2 Å². The first-order valence-corrected chi connectivity index (χ1v) is 16.3. The van der Waals surface area contributed by atoms with E-state index in [1.807, 2.05) is 12.1 Å².